The highest BCUT2D eigenvalue weighted by molar-refractivity contribution is 7.21. The van der Waals surface area contributed by atoms with Crippen molar-refractivity contribution in [2.75, 3.05) is 14.1 Å². The number of carbonyl (C=O) groups excluding carboxylic acids is 1. The van der Waals surface area contributed by atoms with E-state index >= 15 is 0 Å². The zero-order valence-electron chi connectivity index (χ0n) is 14.1. The van der Waals surface area contributed by atoms with Gasteiger partial charge in [-0.05, 0) is 35.4 Å². The van der Waals surface area contributed by atoms with Crippen LogP contribution in [0.2, 0.25) is 0 Å². The van der Waals surface area contributed by atoms with Crippen molar-refractivity contribution in [1.29, 1.82) is 0 Å². The van der Waals surface area contributed by atoms with Crippen LogP contribution in [-0.2, 0) is 6.54 Å². The van der Waals surface area contributed by atoms with Crippen molar-refractivity contribution in [3.8, 4) is 0 Å². The molecule has 0 bridgehead atoms. The number of aromatic nitrogens is 1. The zero-order valence-corrected chi connectivity index (χ0v) is 14.9. The lowest BCUT2D eigenvalue weighted by Crippen LogP contribution is -2.37. The van der Waals surface area contributed by atoms with Gasteiger partial charge in [-0.3, -0.25) is 4.79 Å². The molecule has 1 aromatic heterocycles. The van der Waals surface area contributed by atoms with Gasteiger partial charge in [-0.1, -0.05) is 42.0 Å². The first-order valence-corrected chi connectivity index (χ1v) is 8.58. The van der Waals surface area contributed by atoms with Gasteiger partial charge in [0.15, 0.2) is 6.54 Å². The van der Waals surface area contributed by atoms with Gasteiger partial charge in [-0.25, -0.2) is 4.57 Å². The number of benzene rings is 2. The molecule has 0 atom stereocenters. The molecular weight excluding hydrogens is 318 g/mol. The first kappa shape index (κ1) is 16.3. The summed E-state index contributed by atoms with van der Waals surface area (Å²) < 4.78 is 3.11. The molecule has 2 aromatic carbocycles. The Balaban J connectivity index is 1.99. The lowest BCUT2D eigenvalue weighted by molar-refractivity contribution is -0.640. The molecule has 4 nitrogen and oxygen atoms in total. The molecule has 0 aliphatic rings. The van der Waals surface area contributed by atoms with Gasteiger partial charge in [-0.15, -0.1) is 0 Å². The summed E-state index contributed by atoms with van der Waals surface area (Å²) >= 11 is 1.59. The summed E-state index contributed by atoms with van der Waals surface area (Å²) in [6, 6.07) is 15.8. The summed E-state index contributed by atoms with van der Waals surface area (Å²) in [6.45, 7) is 2.30. The number of rotatable bonds is 5. The van der Waals surface area contributed by atoms with E-state index in [9.17, 15) is 4.79 Å². The van der Waals surface area contributed by atoms with E-state index in [2.05, 4.69) is 11.1 Å². The van der Waals surface area contributed by atoms with Crippen molar-refractivity contribution in [3.63, 3.8) is 0 Å². The second kappa shape index (κ2) is 6.93. The molecule has 0 aliphatic heterocycles. The first-order valence-electron chi connectivity index (χ1n) is 7.76. The maximum Gasteiger partial charge on any atom is 0.385 e. The van der Waals surface area contributed by atoms with Crippen LogP contribution < -0.4 is 4.57 Å². The van der Waals surface area contributed by atoms with Crippen LogP contribution >= 0.6 is 11.3 Å². The number of carbonyl (C=O) groups is 1. The van der Waals surface area contributed by atoms with Crippen molar-refractivity contribution < 1.29 is 9.36 Å². The Bertz CT molecular complexity index is 895. The number of nitrogens with zero attached hydrogens (tertiary/aromatic N) is 3. The number of thiazole rings is 1. The summed E-state index contributed by atoms with van der Waals surface area (Å²) in [5.74, 6) is 0.0878. The minimum atomic E-state index is 0.0878. The number of hydrogen-bond donors (Lipinski definition) is 0. The smallest absolute Gasteiger partial charge is 0.348 e. The van der Waals surface area contributed by atoms with Crippen molar-refractivity contribution in [3.05, 3.63) is 59.7 Å². The van der Waals surface area contributed by atoms with Gasteiger partial charge in [0.25, 0.3) is 0 Å². The van der Waals surface area contributed by atoms with E-state index in [1.165, 1.54) is 0 Å². The Kier molecular flexibility index (Phi) is 4.71. The van der Waals surface area contributed by atoms with Crippen LogP contribution in [0.25, 0.3) is 10.2 Å². The second-order valence-electron chi connectivity index (χ2n) is 5.94. The van der Waals surface area contributed by atoms with Crippen molar-refractivity contribution in [2.45, 2.75) is 13.5 Å². The molecular formula is C19H20N3OS+. The molecule has 0 aliphatic carbocycles. The third-order valence-electron chi connectivity index (χ3n) is 3.66. The molecule has 24 heavy (non-hydrogen) atoms. The van der Waals surface area contributed by atoms with Gasteiger partial charge in [-0.2, -0.15) is 0 Å². The molecule has 0 radical (unpaired) electrons. The van der Waals surface area contributed by atoms with Crippen LogP contribution in [0.4, 0.5) is 5.13 Å². The highest BCUT2D eigenvalue weighted by Gasteiger charge is 2.21. The molecule has 0 fully saturated rings. The van der Waals surface area contributed by atoms with E-state index in [0.717, 1.165) is 26.5 Å². The molecule has 0 amide bonds. The van der Waals surface area contributed by atoms with Crippen LogP contribution in [0.1, 0.15) is 15.9 Å². The topological polar surface area (TPSA) is 36.6 Å². The molecule has 0 N–H and O–H groups in total. The summed E-state index contributed by atoms with van der Waals surface area (Å²) in [4.78, 5) is 19.1. The van der Waals surface area contributed by atoms with Crippen LogP contribution in [0.3, 0.4) is 0 Å². The molecule has 1 heterocycles. The number of hydrogen-bond acceptors (Lipinski definition) is 3. The third kappa shape index (κ3) is 3.51. The standard InChI is InChI=1S/C19H20N3OS/c1-14-8-10-15(11-9-14)17(23)12-22-16-6-4-5-7-18(16)24-19(22)20-13-21(2)3/h4-11,13H,12H2,1-3H3/q+1. The van der Waals surface area contributed by atoms with Gasteiger partial charge in [0, 0.05) is 19.7 Å². The quantitative estimate of drug-likeness (QED) is 0.308. The average molecular weight is 338 g/mol. The van der Waals surface area contributed by atoms with E-state index in [4.69, 9.17) is 0 Å². The third-order valence-corrected chi connectivity index (χ3v) is 4.74. The van der Waals surface area contributed by atoms with Crippen LogP contribution in [-0.4, -0.2) is 31.1 Å². The average Bonchev–Trinajstić information content (AvgIpc) is 2.91. The molecule has 0 saturated carbocycles. The highest BCUT2D eigenvalue weighted by Crippen LogP contribution is 2.26. The Morgan fingerprint density at radius 3 is 2.58 bits per heavy atom. The molecule has 3 rings (SSSR count). The van der Waals surface area contributed by atoms with E-state index in [1.807, 2.05) is 73.0 Å². The molecule has 3 aromatic rings. The fourth-order valence-corrected chi connectivity index (χ4v) is 3.41. The summed E-state index contributed by atoms with van der Waals surface area (Å²) in [7, 11) is 3.86. The Morgan fingerprint density at radius 1 is 1.17 bits per heavy atom. The van der Waals surface area contributed by atoms with Crippen molar-refractivity contribution >= 4 is 38.8 Å². The molecule has 0 saturated heterocycles. The molecule has 122 valence electrons. The van der Waals surface area contributed by atoms with Gasteiger partial charge in [0.2, 0.25) is 12.1 Å². The summed E-state index contributed by atoms with van der Waals surface area (Å²) in [6.07, 6.45) is 1.76. The van der Waals surface area contributed by atoms with E-state index in [1.54, 1.807) is 17.7 Å². The van der Waals surface area contributed by atoms with Crippen molar-refractivity contribution in [1.82, 2.24) is 4.90 Å². The minimum absolute atomic E-state index is 0.0878. The molecule has 5 heteroatoms. The maximum atomic E-state index is 12.7. The summed E-state index contributed by atoms with van der Waals surface area (Å²) in [5, 5.41) is 0.824. The van der Waals surface area contributed by atoms with Crippen LogP contribution in [0, 0.1) is 6.92 Å². The monoisotopic (exact) mass is 338 g/mol. The lowest BCUT2D eigenvalue weighted by Gasteiger charge is -2.02. The zero-order chi connectivity index (χ0) is 17.1. The van der Waals surface area contributed by atoms with Crippen molar-refractivity contribution in [2.24, 2.45) is 4.99 Å². The predicted octanol–water partition coefficient (Wildman–Crippen LogP) is 3.60. The van der Waals surface area contributed by atoms with Gasteiger partial charge < -0.3 is 4.90 Å². The summed E-state index contributed by atoms with van der Waals surface area (Å²) in [5.41, 5.74) is 2.91. The Labute approximate surface area is 145 Å². The number of ketones is 1. The maximum absolute atomic E-state index is 12.7. The fourth-order valence-electron chi connectivity index (χ4n) is 2.41. The second-order valence-corrected chi connectivity index (χ2v) is 6.94. The normalized spacial score (nSPS) is 11.3. The minimum Gasteiger partial charge on any atom is -0.348 e. The number of aliphatic imine (C=N–C) groups is 1. The van der Waals surface area contributed by atoms with Gasteiger partial charge >= 0.3 is 5.13 Å². The number of fused-ring (bicyclic) bond motifs is 1. The SMILES string of the molecule is Cc1ccc(C(=O)C[n+]2c(/N=C/N(C)C)sc3ccccc32)cc1. The molecule has 0 spiro atoms. The Hall–Kier alpha value is -2.53. The van der Waals surface area contributed by atoms with E-state index in [0.29, 0.717) is 0 Å². The van der Waals surface area contributed by atoms with Crippen LogP contribution in [0.5, 0.6) is 0 Å². The van der Waals surface area contributed by atoms with E-state index < -0.39 is 0 Å². The molecule has 0 unspecified atom stereocenters. The first-order chi connectivity index (χ1) is 11.5. The lowest BCUT2D eigenvalue weighted by atomic mass is 10.1. The van der Waals surface area contributed by atoms with Gasteiger partial charge in [0.1, 0.15) is 5.52 Å². The van der Waals surface area contributed by atoms with Gasteiger partial charge in [0.05, 0.1) is 4.70 Å². The van der Waals surface area contributed by atoms with E-state index in [-0.39, 0.29) is 12.3 Å². The number of para-hydroxylation sites is 1. The largest absolute Gasteiger partial charge is 0.385 e. The Morgan fingerprint density at radius 2 is 1.88 bits per heavy atom. The van der Waals surface area contributed by atoms with Crippen LogP contribution in [0.15, 0.2) is 53.5 Å². The highest BCUT2D eigenvalue weighted by atomic mass is 32.1. The fraction of sp³-hybridized carbons (Fsp3) is 0.211. The number of aryl methyl sites for hydroxylation is 1. The number of Topliss-reactive ketones (excluding diaryl/α,β-unsaturated/α-hetero) is 1. The predicted molar refractivity (Wildman–Crippen MR) is 99.4 cm³/mol.